The summed E-state index contributed by atoms with van der Waals surface area (Å²) < 4.78 is 6.43. The first-order valence-corrected chi connectivity index (χ1v) is 7.04. The molecule has 1 aromatic heterocycles. The van der Waals surface area contributed by atoms with Gasteiger partial charge in [-0.3, -0.25) is 4.79 Å². The number of halogens is 1. The molecule has 1 amide bonds. The summed E-state index contributed by atoms with van der Waals surface area (Å²) in [6.45, 7) is 3.94. The molecule has 0 aliphatic heterocycles. The number of aryl methyl sites for hydroxylation is 1. The molecular formula is C15H16BrNO2. The van der Waals surface area contributed by atoms with Crippen LogP contribution in [0.1, 0.15) is 41.8 Å². The SMILES string of the molecule is CCc1ccc(C(=O)NC(C)c2cccc(Br)c2)o1. The van der Waals surface area contributed by atoms with Gasteiger partial charge in [0.1, 0.15) is 5.76 Å². The number of nitrogens with one attached hydrogen (secondary N) is 1. The first kappa shape index (κ1) is 13.9. The third-order valence-corrected chi connectivity index (χ3v) is 3.42. The molecule has 0 spiro atoms. The molecule has 0 bridgehead atoms. The van der Waals surface area contributed by atoms with E-state index in [-0.39, 0.29) is 11.9 Å². The zero-order valence-electron chi connectivity index (χ0n) is 10.9. The fourth-order valence-corrected chi connectivity index (χ4v) is 2.23. The lowest BCUT2D eigenvalue weighted by Crippen LogP contribution is -2.26. The molecule has 0 fully saturated rings. The highest BCUT2D eigenvalue weighted by molar-refractivity contribution is 9.10. The molecule has 100 valence electrons. The van der Waals surface area contributed by atoms with E-state index in [1.165, 1.54) is 0 Å². The number of hydrogen-bond acceptors (Lipinski definition) is 2. The first-order valence-electron chi connectivity index (χ1n) is 6.25. The second-order valence-electron chi connectivity index (χ2n) is 4.37. The summed E-state index contributed by atoms with van der Waals surface area (Å²) in [6, 6.07) is 11.3. The van der Waals surface area contributed by atoms with Gasteiger partial charge in [0, 0.05) is 10.9 Å². The summed E-state index contributed by atoms with van der Waals surface area (Å²) in [5.41, 5.74) is 1.05. The van der Waals surface area contributed by atoms with Crippen LogP contribution in [-0.2, 0) is 6.42 Å². The normalized spacial score (nSPS) is 12.2. The van der Waals surface area contributed by atoms with Crippen molar-refractivity contribution in [3.63, 3.8) is 0 Å². The van der Waals surface area contributed by atoms with E-state index < -0.39 is 0 Å². The van der Waals surface area contributed by atoms with E-state index >= 15 is 0 Å². The van der Waals surface area contributed by atoms with Gasteiger partial charge in [0.15, 0.2) is 5.76 Å². The quantitative estimate of drug-likeness (QED) is 0.921. The summed E-state index contributed by atoms with van der Waals surface area (Å²) >= 11 is 3.42. The molecule has 1 aromatic carbocycles. The van der Waals surface area contributed by atoms with Crippen LogP contribution in [-0.4, -0.2) is 5.91 Å². The number of rotatable bonds is 4. The van der Waals surface area contributed by atoms with Crippen LogP contribution in [0, 0.1) is 0 Å². The van der Waals surface area contributed by atoms with Crippen molar-refractivity contribution >= 4 is 21.8 Å². The average molecular weight is 322 g/mol. The van der Waals surface area contributed by atoms with Crippen molar-refractivity contribution in [3.05, 3.63) is 58.0 Å². The Hall–Kier alpha value is -1.55. The first-order chi connectivity index (χ1) is 9.10. The van der Waals surface area contributed by atoms with Gasteiger partial charge in [-0.2, -0.15) is 0 Å². The van der Waals surface area contributed by atoms with Crippen LogP contribution < -0.4 is 5.32 Å². The highest BCUT2D eigenvalue weighted by atomic mass is 79.9. The van der Waals surface area contributed by atoms with Crippen LogP contribution in [0.5, 0.6) is 0 Å². The van der Waals surface area contributed by atoms with Crippen molar-refractivity contribution in [1.82, 2.24) is 5.32 Å². The van der Waals surface area contributed by atoms with E-state index in [1.54, 1.807) is 6.07 Å². The van der Waals surface area contributed by atoms with Crippen molar-refractivity contribution in [3.8, 4) is 0 Å². The van der Waals surface area contributed by atoms with Crippen molar-refractivity contribution in [1.29, 1.82) is 0 Å². The molecular weight excluding hydrogens is 306 g/mol. The molecule has 2 rings (SSSR count). The largest absolute Gasteiger partial charge is 0.456 e. The summed E-state index contributed by atoms with van der Waals surface area (Å²) in [4.78, 5) is 12.0. The minimum atomic E-state index is -0.188. The van der Waals surface area contributed by atoms with Crippen molar-refractivity contribution in [2.45, 2.75) is 26.3 Å². The van der Waals surface area contributed by atoms with Gasteiger partial charge in [0.2, 0.25) is 0 Å². The molecule has 3 nitrogen and oxygen atoms in total. The summed E-state index contributed by atoms with van der Waals surface area (Å²) in [5.74, 6) is 0.992. The van der Waals surface area contributed by atoms with Crippen LogP contribution in [0.15, 0.2) is 45.3 Å². The van der Waals surface area contributed by atoms with E-state index in [2.05, 4.69) is 21.2 Å². The molecule has 0 saturated carbocycles. The minimum absolute atomic E-state index is 0.0693. The maximum absolute atomic E-state index is 12.0. The third kappa shape index (κ3) is 3.47. The van der Waals surface area contributed by atoms with Crippen LogP contribution in [0.2, 0.25) is 0 Å². The van der Waals surface area contributed by atoms with Gasteiger partial charge >= 0.3 is 0 Å². The highest BCUT2D eigenvalue weighted by Crippen LogP contribution is 2.18. The van der Waals surface area contributed by atoms with E-state index in [0.717, 1.165) is 22.2 Å². The Bertz CT molecular complexity index is 577. The van der Waals surface area contributed by atoms with Gasteiger partial charge in [-0.15, -0.1) is 0 Å². The van der Waals surface area contributed by atoms with Crippen molar-refractivity contribution in [2.24, 2.45) is 0 Å². The van der Waals surface area contributed by atoms with Gasteiger partial charge in [-0.1, -0.05) is 35.0 Å². The number of amides is 1. The van der Waals surface area contributed by atoms with Crippen LogP contribution in [0.4, 0.5) is 0 Å². The number of hydrogen-bond donors (Lipinski definition) is 1. The number of benzene rings is 1. The average Bonchev–Trinajstić information content (AvgIpc) is 2.87. The standard InChI is InChI=1S/C15H16BrNO2/c1-3-13-7-8-14(19-13)15(18)17-10(2)11-5-4-6-12(16)9-11/h4-10H,3H2,1-2H3,(H,17,18). The molecule has 2 aromatic rings. The molecule has 0 aliphatic carbocycles. The zero-order chi connectivity index (χ0) is 13.8. The Labute approximate surface area is 121 Å². The topological polar surface area (TPSA) is 42.2 Å². The molecule has 4 heteroatoms. The van der Waals surface area contributed by atoms with Crippen LogP contribution in [0.25, 0.3) is 0 Å². The van der Waals surface area contributed by atoms with Gasteiger partial charge in [-0.25, -0.2) is 0 Å². The molecule has 0 radical (unpaired) electrons. The lowest BCUT2D eigenvalue weighted by atomic mass is 10.1. The fraction of sp³-hybridized carbons (Fsp3) is 0.267. The van der Waals surface area contributed by atoms with Gasteiger partial charge < -0.3 is 9.73 Å². The predicted octanol–water partition coefficient (Wildman–Crippen LogP) is 4.10. The Morgan fingerprint density at radius 1 is 1.37 bits per heavy atom. The van der Waals surface area contributed by atoms with Gasteiger partial charge in [0.05, 0.1) is 6.04 Å². The summed E-state index contributed by atoms with van der Waals surface area (Å²) in [6.07, 6.45) is 0.786. The highest BCUT2D eigenvalue weighted by Gasteiger charge is 2.14. The second kappa shape index (κ2) is 6.06. The predicted molar refractivity (Wildman–Crippen MR) is 78.1 cm³/mol. The number of carbonyl (C=O) groups excluding carboxylic acids is 1. The van der Waals surface area contributed by atoms with Crippen LogP contribution in [0.3, 0.4) is 0 Å². The smallest absolute Gasteiger partial charge is 0.287 e. The Morgan fingerprint density at radius 3 is 2.79 bits per heavy atom. The zero-order valence-corrected chi connectivity index (χ0v) is 12.5. The van der Waals surface area contributed by atoms with E-state index in [1.807, 2.05) is 44.2 Å². The van der Waals surface area contributed by atoms with Crippen LogP contribution >= 0.6 is 15.9 Å². The summed E-state index contributed by atoms with van der Waals surface area (Å²) in [5, 5.41) is 2.92. The fourth-order valence-electron chi connectivity index (χ4n) is 1.82. The number of furan rings is 1. The molecule has 0 saturated heterocycles. The van der Waals surface area contributed by atoms with Crippen molar-refractivity contribution in [2.75, 3.05) is 0 Å². The molecule has 1 atom stereocenters. The van der Waals surface area contributed by atoms with Gasteiger partial charge in [-0.05, 0) is 36.8 Å². The molecule has 1 heterocycles. The maximum atomic E-state index is 12.0. The summed E-state index contributed by atoms with van der Waals surface area (Å²) in [7, 11) is 0. The van der Waals surface area contributed by atoms with E-state index in [4.69, 9.17) is 4.42 Å². The number of carbonyl (C=O) groups is 1. The maximum Gasteiger partial charge on any atom is 0.287 e. The Balaban J connectivity index is 2.06. The molecule has 1 unspecified atom stereocenters. The van der Waals surface area contributed by atoms with Gasteiger partial charge in [0.25, 0.3) is 5.91 Å². The monoisotopic (exact) mass is 321 g/mol. The third-order valence-electron chi connectivity index (χ3n) is 2.93. The minimum Gasteiger partial charge on any atom is -0.456 e. The second-order valence-corrected chi connectivity index (χ2v) is 5.29. The van der Waals surface area contributed by atoms with E-state index in [9.17, 15) is 4.79 Å². The lowest BCUT2D eigenvalue weighted by Gasteiger charge is -2.13. The molecule has 1 N–H and O–H groups in total. The Kier molecular flexibility index (Phi) is 4.43. The van der Waals surface area contributed by atoms with E-state index in [0.29, 0.717) is 5.76 Å². The molecule has 19 heavy (non-hydrogen) atoms. The molecule has 0 aliphatic rings. The lowest BCUT2D eigenvalue weighted by molar-refractivity contribution is 0.0910. The Morgan fingerprint density at radius 2 is 2.16 bits per heavy atom. The van der Waals surface area contributed by atoms with Crippen molar-refractivity contribution < 1.29 is 9.21 Å².